The van der Waals surface area contributed by atoms with E-state index >= 15 is 0 Å². The number of hydrogen-bond acceptors (Lipinski definition) is 7. The number of carbonyl (C=O) groups is 4. The third kappa shape index (κ3) is 11.5. The zero-order chi connectivity index (χ0) is 28.9. The molecule has 2 aromatic rings. The number of amides is 4. The van der Waals surface area contributed by atoms with Gasteiger partial charge in [-0.15, -0.1) is 11.3 Å². The number of carbonyl (C=O) groups excluding carboxylic acids is 2. The van der Waals surface area contributed by atoms with Gasteiger partial charge in [-0.1, -0.05) is 12.1 Å². The van der Waals surface area contributed by atoms with Crippen LogP contribution in [0.2, 0.25) is 0 Å². The maximum atomic E-state index is 12.5. The van der Waals surface area contributed by atoms with Crippen LogP contribution in [0.4, 0.5) is 20.4 Å². The summed E-state index contributed by atoms with van der Waals surface area (Å²) in [6.45, 7) is 3.84. The number of rotatable bonds is 9. The Kier molecular flexibility index (Phi) is 12.3. The van der Waals surface area contributed by atoms with Gasteiger partial charge >= 0.3 is 12.2 Å². The van der Waals surface area contributed by atoms with Gasteiger partial charge in [-0.2, -0.15) is 4.99 Å². The number of benzene rings is 1. The van der Waals surface area contributed by atoms with Gasteiger partial charge in [0.25, 0.3) is 0 Å². The van der Waals surface area contributed by atoms with Crippen LogP contribution < -0.4 is 16.4 Å². The van der Waals surface area contributed by atoms with Crippen molar-refractivity contribution in [3.8, 4) is 0 Å². The van der Waals surface area contributed by atoms with E-state index in [-0.39, 0.29) is 17.7 Å². The molecule has 0 unspecified atom stereocenters. The van der Waals surface area contributed by atoms with Crippen LogP contribution in [0.3, 0.4) is 0 Å². The molecule has 0 saturated carbocycles. The van der Waals surface area contributed by atoms with Crippen LogP contribution >= 0.6 is 11.3 Å². The first-order valence-electron chi connectivity index (χ1n) is 12.2. The summed E-state index contributed by atoms with van der Waals surface area (Å²) in [5, 5.41) is 22.0. The lowest BCUT2D eigenvalue weighted by Gasteiger charge is -2.33. The van der Waals surface area contributed by atoms with Crippen molar-refractivity contribution in [1.29, 1.82) is 0 Å². The summed E-state index contributed by atoms with van der Waals surface area (Å²) in [7, 11) is 3.60. The zero-order valence-electron chi connectivity index (χ0n) is 22.2. The zero-order valence-corrected chi connectivity index (χ0v) is 23.0. The van der Waals surface area contributed by atoms with Gasteiger partial charge in [-0.05, 0) is 49.9 Å². The second kappa shape index (κ2) is 15.4. The standard InChI is InChI=1S/C24H32N6O4S.CH3NO2/c1-16(31)27-23-28-20(11-8-17-6-9-19(10-7-17)25-15-26-24(33)34)21(35-23)14-30-12-4-5-18(13-30)22(32)29(2)3;2-1(3)4/h6-7,9-10,15,18H,4-5,8,11-14H2,1-3H3,(H,25,26)(H,33,34)(H,27,28,31);2H2,(H,3,4)/t18-;/m1./s1. The van der Waals surface area contributed by atoms with E-state index in [0.717, 1.165) is 60.5 Å². The first-order valence-corrected chi connectivity index (χ1v) is 13.0. The van der Waals surface area contributed by atoms with Gasteiger partial charge in [-0.25, -0.2) is 14.6 Å². The number of aryl methyl sites for hydroxylation is 2. The summed E-state index contributed by atoms with van der Waals surface area (Å²) in [6.07, 6.45) is 1.92. The molecular weight excluding hydrogens is 526 g/mol. The van der Waals surface area contributed by atoms with Crippen molar-refractivity contribution in [2.75, 3.05) is 37.8 Å². The molecule has 6 N–H and O–H groups in total. The van der Waals surface area contributed by atoms with Crippen molar-refractivity contribution < 1.29 is 29.4 Å². The molecule has 1 fully saturated rings. The summed E-state index contributed by atoms with van der Waals surface area (Å²) in [6, 6.07) is 7.67. The van der Waals surface area contributed by atoms with Gasteiger partial charge < -0.3 is 31.5 Å². The van der Waals surface area contributed by atoms with Crippen molar-refractivity contribution in [3.05, 3.63) is 40.4 Å². The molecule has 2 heterocycles. The van der Waals surface area contributed by atoms with E-state index < -0.39 is 12.2 Å². The van der Waals surface area contributed by atoms with Crippen molar-refractivity contribution in [2.24, 2.45) is 16.6 Å². The molecule has 4 amide bonds. The fourth-order valence-corrected chi connectivity index (χ4v) is 5.16. The summed E-state index contributed by atoms with van der Waals surface area (Å²) in [4.78, 5) is 56.3. The van der Waals surface area contributed by atoms with Crippen molar-refractivity contribution in [3.63, 3.8) is 0 Å². The summed E-state index contributed by atoms with van der Waals surface area (Å²) in [5.74, 6) is 0.0314. The Balaban J connectivity index is 0.00000124. The predicted molar refractivity (Wildman–Crippen MR) is 149 cm³/mol. The SMILES string of the molecule is CC(=O)Nc1nc(CCc2ccc(NC=NC(=O)O)cc2)c(CN2CCC[C@@H](C(=O)N(C)C)C2)s1.NC(=O)O. The third-order valence-corrected chi connectivity index (χ3v) is 6.73. The van der Waals surface area contributed by atoms with Crippen LogP contribution in [-0.4, -0.2) is 82.5 Å². The van der Waals surface area contributed by atoms with Crippen LogP contribution in [0.15, 0.2) is 29.3 Å². The van der Waals surface area contributed by atoms with Gasteiger partial charge in [0, 0.05) is 44.7 Å². The highest BCUT2D eigenvalue weighted by atomic mass is 32.1. The number of anilines is 2. The summed E-state index contributed by atoms with van der Waals surface area (Å²) < 4.78 is 0. The molecule has 0 aliphatic carbocycles. The molecule has 1 atom stereocenters. The fraction of sp³-hybridized carbons (Fsp3) is 0.440. The lowest BCUT2D eigenvalue weighted by atomic mass is 9.96. The van der Waals surface area contributed by atoms with Crippen LogP contribution in [0.5, 0.6) is 0 Å². The molecular formula is C25H35N7O6S. The minimum Gasteiger partial charge on any atom is -0.465 e. The van der Waals surface area contributed by atoms with Crippen LogP contribution in [-0.2, 0) is 29.0 Å². The normalized spacial score (nSPS) is 15.2. The Morgan fingerprint density at radius 1 is 1.21 bits per heavy atom. The number of piperidine rings is 1. The minimum absolute atomic E-state index is 0.0117. The van der Waals surface area contributed by atoms with Gasteiger partial charge in [0.1, 0.15) is 0 Å². The largest absolute Gasteiger partial charge is 0.465 e. The number of aliphatic imine (C=N–C) groups is 1. The highest BCUT2D eigenvalue weighted by molar-refractivity contribution is 7.15. The van der Waals surface area contributed by atoms with E-state index in [4.69, 9.17) is 15.0 Å². The molecule has 3 rings (SSSR count). The Hall–Kier alpha value is -4.04. The van der Waals surface area contributed by atoms with E-state index in [1.165, 1.54) is 18.3 Å². The van der Waals surface area contributed by atoms with Crippen LogP contribution in [0.1, 0.15) is 35.9 Å². The number of hydrogen-bond donors (Lipinski definition) is 5. The van der Waals surface area contributed by atoms with Crippen LogP contribution in [0, 0.1) is 5.92 Å². The Morgan fingerprint density at radius 2 is 1.87 bits per heavy atom. The van der Waals surface area contributed by atoms with E-state index in [9.17, 15) is 14.4 Å². The highest BCUT2D eigenvalue weighted by Crippen LogP contribution is 2.28. The van der Waals surface area contributed by atoms with E-state index in [2.05, 4.69) is 31.2 Å². The molecule has 13 nitrogen and oxygen atoms in total. The molecule has 1 aromatic carbocycles. The number of likely N-dealkylation sites (tertiary alicyclic amines) is 1. The van der Waals surface area contributed by atoms with E-state index in [1.54, 1.807) is 19.0 Å². The minimum atomic E-state index is -1.33. The first-order chi connectivity index (χ1) is 18.4. The highest BCUT2D eigenvalue weighted by Gasteiger charge is 2.28. The van der Waals surface area contributed by atoms with Crippen LogP contribution in [0.25, 0.3) is 0 Å². The van der Waals surface area contributed by atoms with Crippen molar-refractivity contribution >= 4 is 52.5 Å². The number of primary amides is 1. The summed E-state index contributed by atoms with van der Waals surface area (Å²) in [5.41, 5.74) is 6.84. The molecule has 14 heteroatoms. The molecule has 1 aliphatic heterocycles. The average Bonchev–Trinajstić information content (AvgIpc) is 3.22. The molecule has 0 radical (unpaired) electrons. The first kappa shape index (κ1) is 31.2. The molecule has 39 heavy (non-hydrogen) atoms. The Labute approximate surface area is 230 Å². The van der Waals surface area contributed by atoms with E-state index in [1.807, 2.05) is 24.3 Å². The molecule has 1 aromatic heterocycles. The quantitative estimate of drug-likeness (QED) is 0.226. The number of nitrogens with two attached hydrogens (primary N) is 1. The van der Waals surface area contributed by atoms with Gasteiger partial charge in [0.2, 0.25) is 11.8 Å². The lowest BCUT2D eigenvalue weighted by molar-refractivity contribution is -0.134. The molecule has 1 aliphatic rings. The molecule has 1 saturated heterocycles. The maximum Gasteiger partial charge on any atom is 0.432 e. The smallest absolute Gasteiger partial charge is 0.432 e. The monoisotopic (exact) mass is 561 g/mol. The molecule has 0 bridgehead atoms. The Morgan fingerprint density at radius 3 is 2.46 bits per heavy atom. The predicted octanol–water partition coefficient (Wildman–Crippen LogP) is 2.93. The van der Waals surface area contributed by atoms with Crippen molar-refractivity contribution in [1.82, 2.24) is 14.8 Å². The van der Waals surface area contributed by atoms with Crippen molar-refractivity contribution in [2.45, 2.75) is 39.2 Å². The van der Waals surface area contributed by atoms with Gasteiger partial charge in [0.15, 0.2) is 5.13 Å². The maximum absolute atomic E-state index is 12.5. The number of aromatic nitrogens is 1. The number of nitrogens with one attached hydrogen (secondary N) is 2. The number of carboxylic acid groups (broad SMARTS) is 2. The van der Waals surface area contributed by atoms with Gasteiger partial charge in [-0.3, -0.25) is 14.5 Å². The Bertz CT molecular complexity index is 1160. The molecule has 0 spiro atoms. The van der Waals surface area contributed by atoms with E-state index in [0.29, 0.717) is 18.1 Å². The second-order valence-corrected chi connectivity index (χ2v) is 10.2. The topological polar surface area (TPSA) is 191 Å². The average molecular weight is 562 g/mol. The lowest BCUT2D eigenvalue weighted by Crippen LogP contribution is -2.42. The number of thiazole rings is 1. The second-order valence-electron chi connectivity index (χ2n) is 9.10. The third-order valence-electron chi connectivity index (χ3n) is 5.73. The fourth-order valence-electron chi connectivity index (χ4n) is 4.07. The molecule has 212 valence electrons. The van der Waals surface area contributed by atoms with Gasteiger partial charge in [0.05, 0.1) is 18.0 Å². The summed E-state index contributed by atoms with van der Waals surface area (Å²) >= 11 is 1.49. The number of nitrogens with zero attached hydrogens (tertiary/aromatic N) is 4.